The van der Waals surface area contributed by atoms with E-state index in [1.165, 1.54) is 0 Å². The first kappa shape index (κ1) is 13.3. The zero-order valence-corrected chi connectivity index (χ0v) is 11.4. The van der Waals surface area contributed by atoms with E-state index < -0.39 is 0 Å². The Morgan fingerprint density at radius 3 is 2.50 bits per heavy atom. The lowest BCUT2D eigenvalue weighted by atomic mass is 9.86. The Kier molecular flexibility index (Phi) is 3.91. The molecule has 1 heterocycles. The van der Waals surface area contributed by atoms with Crippen molar-refractivity contribution in [1.82, 2.24) is 0 Å². The van der Waals surface area contributed by atoms with Gasteiger partial charge in [0.25, 0.3) is 0 Å². The number of hydrogen-bond donors (Lipinski definition) is 1. The second kappa shape index (κ2) is 5.27. The number of ether oxygens (including phenoxy) is 1. The summed E-state index contributed by atoms with van der Waals surface area (Å²) in [6, 6.07) is 5.93. The van der Waals surface area contributed by atoms with Gasteiger partial charge in [-0.2, -0.15) is 0 Å². The summed E-state index contributed by atoms with van der Waals surface area (Å²) in [4.78, 5) is 0. The van der Waals surface area contributed by atoms with Crippen molar-refractivity contribution in [2.24, 2.45) is 0 Å². The van der Waals surface area contributed by atoms with Gasteiger partial charge in [-0.1, -0.05) is 32.9 Å². The van der Waals surface area contributed by atoms with Crippen molar-refractivity contribution >= 4 is 5.69 Å². The van der Waals surface area contributed by atoms with Crippen LogP contribution in [0.15, 0.2) is 18.2 Å². The van der Waals surface area contributed by atoms with Crippen LogP contribution in [0.4, 0.5) is 10.1 Å². The summed E-state index contributed by atoms with van der Waals surface area (Å²) in [5.41, 5.74) is 1.21. The van der Waals surface area contributed by atoms with Crippen molar-refractivity contribution < 1.29 is 9.13 Å². The molecule has 1 N–H and O–H groups in total. The summed E-state index contributed by atoms with van der Waals surface area (Å²) in [7, 11) is 0. The van der Waals surface area contributed by atoms with E-state index in [1.54, 1.807) is 0 Å². The Morgan fingerprint density at radius 1 is 1.22 bits per heavy atom. The van der Waals surface area contributed by atoms with Gasteiger partial charge in [-0.05, 0) is 29.9 Å². The van der Waals surface area contributed by atoms with E-state index in [0.717, 1.165) is 31.6 Å². The molecule has 0 spiro atoms. The van der Waals surface area contributed by atoms with E-state index in [2.05, 4.69) is 5.32 Å². The molecule has 0 bridgehead atoms. The molecule has 18 heavy (non-hydrogen) atoms. The van der Waals surface area contributed by atoms with Crippen LogP contribution >= 0.6 is 0 Å². The minimum absolute atomic E-state index is 0.114. The molecule has 1 saturated heterocycles. The van der Waals surface area contributed by atoms with Gasteiger partial charge in [0.1, 0.15) is 5.82 Å². The highest BCUT2D eigenvalue weighted by molar-refractivity contribution is 5.50. The Balaban J connectivity index is 2.18. The number of anilines is 1. The highest BCUT2D eigenvalue weighted by Gasteiger charge is 2.22. The molecule has 0 atom stereocenters. The summed E-state index contributed by atoms with van der Waals surface area (Å²) in [6.45, 7) is 7.62. The van der Waals surface area contributed by atoms with Gasteiger partial charge in [0, 0.05) is 19.3 Å². The van der Waals surface area contributed by atoms with Crippen LogP contribution in [0.3, 0.4) is 0 Å². The second-order valence-corrected chi connectivity index (χ2v) is 5.95. The first-order chi connectivity index (χ1) is 8.48. The summed E-state index contributed by atoms with van der Waals surface area (Å²) in [6.07, 6.45) is 1.89. The molecule has 100 valence electrons. The zero-order chi connectivity index (χ0) is 13.2. The normalized spacial score (nSPS) is 17.8. The van der Waals surface area contributed by atoms with Crippen LogP contribution in [0, 0.1) is 5.82 Å². The van der Waals surface area contributed by atoms with Gasteiger partial charge < -0.3 is 10.1 Å². The van der Waals surface area contributed by atoms with Crippen LogP contribution in [-0.4, -0.2) is 19.3 Å². The quantitative estimate of drug-likeness (QED) is 0.865. The highest BCUT2D eigenvalue weighted by Crippen LogP contribution is 2.29. The standard InChI is InChI=1S/C15H22FNO/c1-15(2,3)12-5-4-6-13(14(12)16)17-11-7-9-18-10-8-11/h4-6,11,17H,7-10H2,1-3H3. The molecule has 0 radical (unpaired) electrons. The van der Waals surface area contributed by atoms with Crippen LogP contribution in [0.25, 0.3) is 0 Å². The topological polar surface area (TPSA) is 21.3 Å². The molecular weight excluding hydrogens is 229 g/mol. The van der Waals surface area contributed by atoms with E-state index >= 15 is 0 Å². The van der Waals surface area contributed by atoms with Gasteiger partial charge in [0.15, 0.2) is 0 Å². The molecule has 0 saturated carbocycles. The molecule has 0 unspecified atom stereocenters. The predicted molar refractivity (Wildman–Crippen MR) is 72.6 cm³/mol. The van der Waals surface area contributed by atoms with E-state index in [1.807, 2.05) is 39.0 Å². The van der Waals surface area contributed by atoms with Crippen LogP contribution in [-0.2, 0) is 10.2 Å². The Hall–Kier alpha value is -1.09. The van der Waals surface area contributed by atoms with Gasteiger partial charge in [0.2, 0.25) is 0 Å². The van der Waals surface area contributed by atoms with Crippen LogP contribution < -0.4 is 5.32 Å². The lowest BCUT2D eigenvalue weighted by Crippen LogP contribution is -2.28. The predicted octanol–water partition coefficient (Wildman–Crippen LogP) is 3.71. The van der Waals surface area contributed by atoms with Crippen molar-refractivity contribution in [3.05, 3.63) is 29.6 Å². The number of rotatable bonds is 2. The molecule has 0 aliphatic carbocycles. The van der Waals surface area contributed by atoms with Crippen molar-refractivity contribution in [2.45, 2.75) is 45.1 Å². The molecule has 2 nitrogen and oxygen atoms in total. The maximum absolute atomic E-state index is 14.4. The average molecular weight is 251 g/mol. The fourth-order valence-electron chi connectivity index (χ4n) is 2.28. The average Bonchev–Trinajstić information content (AvgIpc) is 2.32. The van der Waals surface area contributed by atoms with E-state index in [0.29, 0.717) is 11.7 Å². The maximum Gasteiger partial charge on any atom is 0.150 e. The van der Waals surface area contributed by atoms with Crippen molar-refractivity contribution in [3.8, 4) is 0 Å². The first-order valence-electron chi connectivity index (χ1n) is 6.62. The van der Waals surface area contributed by atoms with E-state index in [-0.39, 0.29) is 11.2 Å². The Bertz CT molecular complexity index is 405. The maximum atomic E-state index is 14.4. The fraction of sp³-hybridized carbons (Fsp3) is 0.600. The van der Waals surface area contributed by atoms with Crippen LogP contribution in [0.1, 0.15) is 39.2 Å². The fourth-order valence-corrected chi connectivity index (χ4v) is 2.28. The summed E-state index contributed by atoms with van der Waals surface area (Å²) in [5, 5.41) is 3.31. The third-order valence-electron chi connectivity index (χ3n) is 3.39. The third kappa shape index (κ3) is 3.02. The largest absolute Gasteiger partial charge is 0.381 e. The van der Waals surface area contributed by atoms with Gasteiger partial charge in [-0.3, -0.25) is 0 Å². The number of nitrogens with one attached hydrogen (secondary N) is 1. The van der Waals surface area contributed by atoms with E-state index in [9.17, 15) is 4.39 Å². The van der Waals surface area contributed by atoms with Crippen LogP contribution in [0.5, 0.6) is 0 Å². The van der Waals surface area contributed by atoms with Gasteiger partial charge in [-0.25, -0.2) is 4.39 Å². The SMILES string of the molecule is CC(C)(C)c1cccc(NC2CCOCC2)c1F. The zero-order valence-electron chi connectivity index (χ0n) is 11.4. The minimum atomic E-state index is -0.169. The number of hydrogen-bond acceptors (Lipinski definition) is 2. The lowest BCUT2D eigenvalue weighted by molar-refractivity contribution is 0.0904. The molecule has 1 fully saturated rings. The molecular formula is C15H22FNO. The summed E-state index contributed by atoms with van der Waals surface area (Å²) >= 11 is 0. The van der Waals surface area contributed by atoms with Crippen molar-refractivity contribution in [3.63, 3.8) is 0 Å². The van der Waals surface area contributed by atoms with E-state index in [4.69, 9.17) is 4.74 Å². The summed E-state index contributed by atoms with van der Waals surface area (Å²) in [5.74, 6) is -0.114. The number of benzene rings is 1. The molecule has 1 aliphatic heterocycles. The number of halogens is 1. The molecule has 2 rings (SSSR count). The summed E-state index contributed by atoms with van der Waals surface area (Å²) < 4.78 is 19.7. The first-order valence-corrected chi connectivity index (χ1v) is 6.62. The minimum Gasteiger partial charge on any atom is -0.381 e. The highest BCUT2D eigenvalue weighted by atomic mass is 19.1. The Labute approximate surface area is 109 Å². The Morgan fingerprint density at radius 2 is 1.89 bits per heavy atom. The molecule has 1 aromatic carbocycles. The third-order valence-corrected chi connectivity index (χ3v) is 3.39. The van der Waals surface area contributed by atoms with Crippen LogP contribution in [0.2, 0.25) is 0 Å². The second-order valence-electron chi connectivity index (χ2n) is 5.95. The van der Waals surface area contributed by atoms with Gasteiger partial charge in [-0.15, -0.1) is 0 Å². The van der Waals surface area contributed by atoms with Crippen molar-refractivity contribution in [1.29, 1.82) is 0 Å². The van der Waals surface area contributed by atoms with Gasteiger partial charge >= 0.3 is 0 Å². The molecule has 1 aliphatic rings. The van der Waals surface area contributed by atoms with Crippen molar-refractivity contribution in [2.75, 3.05) is 18.5 Å². The lowest BCUT2D eigenvalue weighted by Gasteiger charge is -2.26. The monoisotopic (exact) mass is 251 g/mol. The smallest absolute Gasteiger partial charge is 0.150 e. The molecule has 0 amide bonds. The molecule has 3 heteroatoms. The molecule has 1 aromatic rings. The van der Waals surface area contributed by atoms with Gasteiger partial charge in [0.05, 0.1) is 5.69 Å². The molecule has 0 aromatic heterocycles.